The summed E-state index contributed by atoms with van der Waals surface area (Å²) >= 11 is 0. The van der Waals surface area contributed by atoms with Crippen molar-refractivity contribution < 1.29 is 4.48 Å². The van der Waals surface area contributed by atoms with Crippen LogP contribution in [0.2, 0.25) is 0 Å². The van der Waals surface area contributed by atoms with Gasteiger partial charge in [0.25, 0.3) is 0 Å². The van der Waals surface area contributed by atoms with Crippen LogP contribution < -0.4 is 0 Å². The van der Waals surface area contributed by atoms with Gasteiger partial charge in [0, 0.05) is 0 Å². The molecule has 320 valence electrons. The molecule has 0 aliphatic carbocycles. The second kappa shape index (κ2) is 46.3. The van der Waals surface area contributed by atoms with E-state index in [4.69, 9.17) is 0 Å². The Balaban J connectivity index is 4.84. The van der Waals surface area contributed by atoms with E-state index in [0.717, 1.165) is 0 Å². The highest BCUT2D eigenvalue weighted by Crippen LogP contribution is 2.22. The van der Waals surface area contributed by atoms with Gasteiger partial charge in [0.15, 0.2) is 0 Å². The van der Waals surface area contributed by atoms with Gasteiger partial charge in [0.2, 0.25) is 0 Å². The molecule has 0 aromatic rings. The van der Waals surface area contributed by atoms with E-state index in [1.54, 1.807) is 0 Å². The molecule has 0 heterocycles. The summed E-state index contributed by atoms with van der Waals surface area (Å²) in [4.78, 5) is 0. The van der Waals surface area contributed by atoms with Crippen LogP contribution in [0.4, 0.5) is 0 Å². The van der Waals surface area contributed by atoms with Gasteiger partial charge < -0.3 is 4.48 Å². The summed E-state index contributed by atoms with van der Waals surface area (Å²) in [5.41, 5.74) is 0. The Morgan fingerprint density at radius 1 is 0.151 bits per heavy atom. The maximum absolute atomic E-state index is 2.34. The third kappa shape index (κ3) is 41.4. The molecule has 1 nitrogen and oxygen atoms in total. The molecule has 0 atom stereocenters. The van der Waals surface area contributed by atoms with Crippen LogP contribution in [-0.4, -0.2) is 30.7 Å². The Morgan fingerprint density at radius 3 is 0.396 bits per heavy atom. The number of hydrogen-bond donors (Lipinski definition) is 0. The predicted molar refractivity (Wildman–Crippen MR) is 246 cm³/mol. The topological polar surface area (TPSA) is 0 Å². The zero-order valence-electron chi connectivity index (χ0n) is 38.4. The first kappa shape index (κ1) is 53.0. The molecule has 0 aliphatic heterocycles. The number of rotatable bonds is 48. The molecule has 0 aromatic heterocycles. The first-order valence-electron chi connectivity index (χ1n) is 26.1. The van der Waals surface area contributed by atoms with E-state index >= 15 is 0 Å². The van der Waals surface area contributed by atoms with Gasteiger partial charge >= 0.3 is 0 Å². The molecule has 53 heavy (non-hydrogen) atoms. The summed E-state index contributed by atoms with van der Waals surface area (Å²) in [5, 5.41) is 0. The number of unbranched alkanes of at least 4 members (excludes halogenated alkanes) is 40. The highest BCUT2D eigenvalue weighted by Gasteiger charge is 2.25. The van der Waals surface area contributed by atoms with Crippen molar-refractivity contribution in [1.29, 1.82) is 0 Å². The third-order valence-corrected chi connectivity index (χ3v) is 12.9. The monoisotopic (exact) mass is 747 g/mol. The lowest BCUT2D eigenvalue weighted by molar-refractivity contribution is -0.929. The van der Waals surface area contributed by atoms with Crippen molar-refractivity contribution in [2.75, 3.05) is 26.2 Å². The van der Waals surface area contributed by atoms with Gasteiger partial charge in [-0.2, -0.15) is 0 Å². The lowest BCUT2D eigenvalue weighted by atomic mass is 10.0. The van der Waals surface area contributed by atoms with Gasteiger partial charge in [-0.1, -0.05) is 259 Å². The van der Waals surface area contributed by atoms with Gasteiger partial charge in [-0.3, -0.25) is 0 Å². The molecule has 0 N–H and O–H groups in total. The molecule has 1 heteroatoms. The zero-order chi connectivity index (χ0) is 38.4. The highest BCUT2D eigenvalue weighted by molar-refractivity contribution is 4.57. The van der Waals surface area contributed by atoms with Crippen LogP contribution in [0.25, 0.3) is 0 Å². The molecule has 0 unspecified atom stereocenters. The summed E-state index contributed by atoms with van der Waals surface area (Å²) < 4.78 is 1.49. The number of hydrogen-bond acceptors (Lipinski definition) is 0. The fourth-order valence-electron chi connectivity index (χ4n) is 9.12. The second-order valence-corrected chi connectivity index (χ2v) is 18.4. The van der Waals surface area contributed by atoms with Crippen molar-refractivity contribution in [3.05, 3.63) is 0 Å². The standard InChI is InChI=1S/C52H108N/c1-5-9-13-17-21-25-29-30-31-32-36-40-44-48-52-53(49-45-41-37-33-26-22-18-14-10-6-2,50-46-42-38-34-27-23-19-15-11-7-3)51-47-43-39-35-28-24-20-16-12-8-4/h5-52H2,1-4H3/q+1. The van der Waals surface area contributed by atoms with E-state index in [1.807, 2.05) is 0 Å². The van der Waals surface area contributed by atoms with Crippen molar-refractivity contribution in [3.8, 4) is 0 Å². The van der Waals surface area contributed by atoms with Gasteiger partial charge in [0.1, 0.15) is 0 Å². The van der Waals surface area contributed by atoms with E-state index in [2.05, 4.69) is 27.7 Å². The number of nitrogens with zero attached hydrogens (tertiary/aromatic N) is 1. The van der Waals surface area contributed by atoms with E-state index in [0.29, 0.717) is 0 Å². The molecular formula is C52H108N+. The SMILES string of the molecule is CCCCCCCCCCCCCCCC[N+](CCCCCCCCCCCC)(CCCCCCCCCCCC)CCCCCCCCCCCC. The van der Waals surface area contributed by atoms with Gasteiger partial charge in [-0.15, -0.1) is 0 Å². The summed E-state index contributed by atoms with van der Waals surface area (Å²) in [7, 11) is 0. The van der Waals surface area contributed by atoms with E-state index in [1.165, 1.54) is 313 Å². The molecule has 0 spiro atoms. The Hall–Kier alpha value is -0.0400. The summed E-state index contributed by atoms with van der Waals surface area (Å²) in [6.07, 6.45) is 64.7. The fourth-order valence-corrected chi connectivity index (χ4v) is 9.12. The number of quaternary nitrogens is 1. The first-order chi connectivity index (χ1) is 26.2. The molecule has 0 saturated heterocycles. The Bertz CT molecular complexity index is 567. The van der Waals surface area contributed by atoms with Crippen molar-refractivity contribution in [1.82, 2.24) is 0 Å². The molecule has 0 saturated carbocycles. The Labute approximate surface area is 339 Å². The van der Waals surface area contributed by atoms with E-state index < -0.39 is 0 Å². The predicted octanol–water partition coefficient (Wildman–Crippen LogP) is 19.0. The Kier molecular flexibility index (Phi) is 46.3. The average Bonchev–Trinajstić information content (AvgIpc) is 3.17. The summed E-state index contributed by atoms with van der Waals surface area (Å²) in [6, 6.07) is 0. The molecule has 0 bridgehead atoms. The van der Waals surface area contributed by atoms with E-state index in [-0.39, 0.29) is 0 Å². The van der Waals surface area contributed by atoms with Crippen LogP contribution in [-0.2, 0) is 0 Å². The van der Waals surface area contributed by atoms with Crippen molar-refractivity contribution in [3.63, 3.8) is 0 Å². The van der Waals surface area contributed by atoms with Crippen LogP contribution in [0.15, 0.2) is 0 Å². The average molecular weight is 747 g/mol. The van der Waals surface area contributed by atoms with Gasteiger partial charge in [-0.05, 0) is 51.4 Å². The molecular weight excluding hydrogens is 639 g/mol. The maximum Gasteiger partial charge on any atom is 0.0786 e. The lowest BCUT2D eigenvalue weighted by Crippen LogP contribution is -2.50. The van der Waals surface area contributed by atoms with Crippen LogP contribution >= 0.6 is 0 Å². The minimum atomic E-state index is 1.37. The summed E-state index contributed by atoms with van der Waals surface area (Å²) in [5.74, 6) is 0. The quantitative estimate of drug-likeness (QED) is 0.0430. The van der Waals surface area contributed by atoms with Crippen molar-refractivity contribution >= 4 is 0 Å². The summed E-state index contributed by atoms with van der Waals surface area (Å²) in [6.45, 7) is 15.3. The van der Waals surface area contributed by atoms with Crippen molar-refractivity contribution in [2.45, 2.75) is 310 Å². The van der Waals surface area contributed by atoms with E-state index in [9.17, 15) is 0 Å². The fraction of sp³-hybridized carbons (Fsp3) is 1.00. The largest absolute Gasteiger partial charge is 0.324 e. The third-order valence-electron chi connectivity index (χ3n) is 12.9. The van der Waals surface area contributed by atoms with Crippen LogP contribution in [0.5, 0.6) is 0 Å². The van der Waals surface area contributed by atoms with Gasteiger partial charge in [-0.25, -0.2) is 0 Å². The van der Waals surface area contributed by atoms with Crippen LogP contribution in [0.3, 0.4) is 0 Å². The first-order valence-corrected chi connectivity index (χ1v) is 26.1. The molecule has 0 amide bonds. The Morgan fingerprint density at radius 2 is 0.264 bits per heavy atom. The second-order valence-electron chi connectivity index (χ2n) is 18.4. The highest BCUT2D eigenvalue weighted by atomic mass is 15.3. The molecule has 0 aliphatic rings. The maximum atomic E-state index is 2.34. The molecule has 0 radical (unpaired) electrons. The van der Waals surface area contributed by atoms with Crippen molar-refractivity contribution in [2.24, 2.45) is 0 Å². The van der Waals surface area contributed by atoms with Crippen LogP contribution in [0, 0.1) is 0 Å². The zero-order valence-corrected chi connectivity index (χ0v) is 38.4. The minimum absolute atomic E-state index is 1.37. The minimum Gasteiger partial charge on any atom is -0.324 e. The molecule has 0 fully saturated rings. The smallest absolute Gasteiger partial charge is 0.0786 e. The van der Waals surface area contributed by atoms with Gasteiger partial charge in [0.05, 0.1) is 26.2 Å². The normalized spacial score (nSPS) is 12.0. The molecule has 0 aromatic carbocycles. The lowest BCUT2D eigenvalue weighted by Gasteiger charge is -2.40. The molecule has 0 rings (SSSR count). The van der Waals surface area contributed by atoms with Crippen LogP contribution in [0.1, 0.15) is 310 Å².